The maximum atomic E-state index is 6.02. The summed E-state index contributed by atoms with van der Waals surface area (Å²) in [5, 5.41) is 7.03. The van der Waals surface area contributed by atoms with Crippen LogP contribution in [0.3, 0.4) is 0 Å². The van der Waals surface area contributed by atoms with Crippen LogP contribution in [0.5, 0.6) is 0 Å². The number of aromatic nitrogens is 3. The number of anilines is 1. The van der Waals surface area contributed by atoms with E-state index in [-0.39, 0.29) is 0 Å². The molecule has 6 heteroatoms. The zero-order chi connectivity index (χ0) is 13.2. The molecule has 0 aliphatic heterocycles. The normalized spacial score (nSPS) is 14.6. The van der Waals surface area contributed by atoms with Gasteiger partial charge in [0.2, 0.25) is 0 Å². The predicted octanol–water partition coefficient (Wildman–Crippen LogP) is 3.43. The van der Waals surface area contributed by atoms with Crippen molar-refractivity contribution in [2.45, 2.75) is 32.1 Å². The van der Waals surface area contributed by atoms with Gasteiger partial charge in [-0.1, -0.05) is 11.6 Å². The summed E-state index contributed by atoms with van der Waals surface area (Å²) in [7, 11) is 0. The zero-order valence-corrected chi connectivity index (χ0v) is 12.3. The second-order valence-electron chi connectivity index (χ2n) is 4.77. The fourth-order valence-corrected chi connectivity index (χ4v) is 2.83. The molecule has 2 aromatic heterocycles. The molecule has 0 radical (unpaired) electrons. The standard InChI is InChI=1S/C13H15ClN4S/c1-8-7-19-12(16-8)4-5-15-11-6-10(14)17-13(18-11)9-2-3-9/h6-7,9H,2-5H2,1H3,(H,15,17,18). The average molecular weight is 295 g/mol. The lowest BCUT2D eigenvalue weighted by atomic mass is 10.4. The number of aryl methyl sites for hydroxylation is 1. The minimum absolute atomic E-state index is 0.515. The predicted molar refractivity (Wildman–Crippen MR) is 78.1 cm³/mol. The Morgan fingerprint density at radius 1 is 1.37 bits per heavy atom. The lowest BCUT2D eigenvalue weighted by Crippen LogP contribution is -2.08. The minimum Gasteiger partial charge on any atom is -0.369 e. The van der Waals surface area contributed by atoms with Crippen LogP contribution in [0, 0.1) is 6.92 Å². The zero-order valence-electron chi connectivity index (χ0n) is 10.7. The summed E-state index contributed by atoms with van der Waals surface area (Å²) in [5.41, 5.74) is 1.08. The van der Waals surface area contributed by atoms with Crippen molar-refractivity contribution in [2.75, 3.05) is 11.9 Å². The van der Waals surface area contributed by atoms with E-state index in [0.717, 1.165) is 35.3 Å². The quantitative estimate of drug-likeness (QED) is 0.859. The highest BCUT2D eigenvalue weighted by Crippen LogP contribution is 2.38. The van der Waals surface area contributed by atoms with Crippen LogP contribution < -0.4 is 5.32 Å². The number of nitrogens with one attached hydrogen (secondary N) is 1. The van der Waals surface area contributed by atoms with Gasteiger partial charge < -0.3 is 5.32 Å². The summed E-state index contributed by atoms with van der Waals surface area (Å²) in [4.78, 5) is 13.2. The van der Waals surface area contributed by atoms with Gasteiger partial charge in [0.15, 0.2) is 0 Å². The van der Waals surface area contributed by atoms with E-state index in [0.29, 0.717) is 11.1 Å². The average Bonchev–Trinajstić information content (AvgIpc) is 3.13. The molecule has 0 amide bonds. The number of hydrogen-bond donors (Lipinski definition) is 1. The number of hydrogen-bond acceptors (Lipinski definition) is 5. The molecular weight excluding hydrogens is 280 g/mol. The summed E-state index contributed by atoms with van der Waals surface area (Å²) in [6.07, 6.45) is 3.26. The Morgan fingerprint density at radius 3 is 2.89 bits per heavy atom. The Hall–Kier alpha value is -1.20. The molecule has 2 heterocycles. The second kappa shape index (κ2) is 5.43. The van der Waals surface area contributed by atoms with Gasteiger partial charge in [-0.15, -0.1) is 11.3 Å². The van der Waals surface area contributed by atoms with Gasteiger partial charge in [-0.3, -0.25) is 0 Å². The van der Waals surface area contributed by atoms with Crippen LogP contribution >= 0.6 is 22.9 Å². The Bertz CT molecular complexity index is 580. The largest absolute Gasteiger partial charge is 0.369 e. The summed E-state index contributed by atoms with van der Waals surface area (Å²) >= 11 is 7.72. The summed E-state index contributed by atoms with van der Waals surface area (Å²) < 4.78 is 0. The van der Waals surface area contributed by atoms with Crippen LogP contribution in [0.1, 0.15) is 35.3 Å². The molecule has 0 unspecified atom stereocenters. The molecule has 0 atom stereocenters. The molecule has 1 fully saturated rings. The van der Waals surface area contributed by atoms with E-state index < -0.39 is 0 Å². The second-order valence-corrected chi connectivity index (χ2v) is 6.10. The molecule has 1 saturated carbocycles. The number of halogens is 1. The van der Waals surface area contributed by atoms with Gasteiger partial charge in [-0.2, -0.15) is 0 Å². The summed E-state index contributed by atoms with van der Waals surface area (Å²) in [5.74, 6) is 2.20. The number of nitrogens with zero attached hydrogens (tertiary/aromatic N) is 3. The maximum Gasteiger partial charge on any atom is 0.135 e. The van der Waals surface area contributed by atoms with Gasteiger partial charge in [0.1, 0.15) is 16.8 Å². The molecule has 0 bridgehead atoms. The van der Waals surface area contributed by atoms with Gasteiger partial charge in [0.25, 0.3) is 0 Å². The van der Waals surface area contributed by atoms with Crippen molar-refractivity contribution in [3.8, 4) is 0 Å². The van der Waals surface area contributed by atoms with E-state index in [9.17, 15) is 0 Å². The molecular formula is C13H15ClN4S. The first-order chi connectivity index (χ1) is 9.20. The smallest absolute Gasteiger partial charge is 0.135 e. The van der Waals surface area contributed by atoms with Crippen molar-refractivity contribution in [3.63, 3.8) is 0 Å². The van der Waals surface area contributed by atoms with Gasteiger partial charge in [0, 0.05) is 36.0 Å². The first-order valence-corrected chi connectivity index (χ1v) is 7.66. The minimum atomic E-state index is 0.515. The lowest BCUT2D eigenvalue weighted by molar-refractivity contribution is 0.912. The molecule has 1 N–H and O–H groups in total. The topological polar surface area (TPSA) is 50.7 Å². The van der Waals surface area contributed by atoms with E-state index in [4.69, 9.17) is 11.6 Å². The first kappa shape index (κ1) is 12.8. The van der Waals surface area contributed by atoms with Crippen LogP contribution in [0.25, 0.3) is 0 Å². The monoisotopic (exact) mass is 294 g/mol. The van der Waals surface area contributed by atoms with Crippen molar-refractivity contribution in [3.05, 3.63) is 33.1 Å². The summed E-state index contributed by atoms with van der Waals surface area (Å²) in [6, 6.07) is 1.78. The lowest BCUT2D eigenvalue weighted by Gasteiger charge is -2.06. The Morgan fingerprint density at radius 2 is 2.21 bits per heavy atom. The highest BCUT2D eigenvalue weighted by atomic mass is 35.5. The van der Waals surface area contributed by atoms with Crippen molar-refractivity contribution in [2.24, 2.45) is 0 Å². The van der Waals surface area contributed by atoms with Gasteiger partial charge >= 0.3 is 0 Å². The van der Waals surface area contributed by atoms with Crippen molar-refractivity contribution >= 4 is 28.8 Å². The highest BCUT2D eigenvalue weighted by molar-refractivity contribution is 7.09. The van der Waals surface area contributed by atoms with E-state index >= 15 is 0 Å². The van der Waals surface area contributed by atoms with Crippen LogP contribution in [-0.4, -0.2) is 21.5 Å². The van der Waals surface area contributed by atoms with Crippen LogP contribution in [0.2, 0.25) is 5.15 Å². The summed E-state index contributed by atoms with van der Waals surface area (Å²) in [6.45, 7) is 2.82. The Balaban J connectivity index is 1.60. The molecule has 4 nitrogen and oxygen atoms in total. The van der Waals surface area contributed by atoms with E-state index in [1.807, 2.05) is 6.92 Å². The molecule has 0 saturated heterocycles. The van der Waals surface area contributed by atoms with Gasteiger partial charge in [0.05, 0.1) is 5.01 Å². The number of rotatable bonds is 5. The number of thiazole rings is 1. The van der Waals surface area contributed by atoms with Crippen molar-refractivity contribution in [1.82, 2.24) is 15.0 Å². The third-order valence-corrected chi connectivity index (χ3v) is 4.19. The van der Waals surface area contributed by atoms with E-state index in [1.54, 1.807) is 17.4 Å². The van der Waals surface area contributed by atoms with Gasteiger partial charge in [-0.25, -0.2) is 15.0 Å². The molecule has 1 aliphatic carbocycles. The maximum absolute atomic E-state index is 6.02. The van der Waals surface area contributed by atoms with Gasteiger partial charge in [-0.05, 0) is 19.8 Å². The molecule has 0 spiro atoms. The molecule has 3 rings (SSSR count). The van der Waals surface area contributed by atoms with Crippen molar-refractivity contribution in [1.29, 1.82) is 0 Å². The molecule has 0 aromatic carbocycles. The fraction of sp³-hybridized carbons (Fsp3) is 0.462. The van der Waals surface area contributed by atoms with Crippen LogP contribution in [0.4, 0.5) is 5.82 Å². The van der Waals surface area contributed by atoms with E-state index in [1.165, 1.54) is 12.8 Å². The van der Waals surface area contributed by atoms with Crippen LogP contribution in [0.15, 0.2) is 11.4 Å². The molecule has 100 valence electrons. The molecule has 2 aromatic rings. The Labute approximate surface area is 121 Å². The van der Waals surface area contributed by atoms with Crippen molar-refractivity contribution < 1.29 is 0 Å². The Kier molecular flexibility index (Phi) is 3.66. The third-order valence-electron chi connectivity index (χ3n) is 2.97. The SMILES string of the molecule is Cc1csc(CCNc2cc(Cl)nc(C3CC3)n2)n1. The van der Waals surface area contributed by atoms with Crippen LogP contribution in [-0.2, 0) is 6.42 Å². The molecule has 1 aliphatic rings. The first-order valence-electron chi connectivity index (χ1n) is 6.40. The fourth-order valence-electron chi connectivity index (χ4n) is 1.86. The van der Waals surface area contributed by atoms with E-state index in [2.05, 4.69) is 25.6 Å². The third kappa shape index (κ3) is 3.42. The highest BCUT2D eigenvalue weighted by Gasteiger charge is 2.27. The molecule has 19 heavy (non-hydrogen) atoms.